The van der Waals surface area contributed by atoms with Gasteiger partial charge >= 0.3 is 17.9 Å². The summed E-state index contributed by atoms with van der Waals surface area (Å²) >= 11 is 0. The van der Waals surface area contributed by atoms with Crippen molar-refractivity contribution in [1.29, 1.82) is 0 Å². The standard InChI is InChI=1S/C17H17F5O7/c18-12-13(19)15(21)17(16(22)14(12)20)29-11(26)5-6-27-7-8-28-10(25)4-2-1-3-9(23)24/h1-8H2,(H,23,24). The molecule has 0 radical (unpaired) electrons. The molecule has 0 fully saturated rings. The quantitative estimate of drug-likeness (QED) is 0.137. The Morgan fingerprint density at radius 2 is 1.24 bits per heavy atom. The summed E-state index contributed by atoms with van der Waals surface area (Å²) in [7, 11) is 0. The molecule has 29 heavy (non-hydrogen) atoms. The first kappa shape index (κ1) is 24.3. The van der Waals surface area contributed by atoms with Crippen LogP contribution in [-0.2, 0) is 23.9 Å². The SMILES string of the molecule is O=C(O)CCCCC(=O)OCCOCCC(=O)Oc1c(F)c(F)c(F)c(F)c1F. The fourth-order valence-electron chi connectivity index (χ4n) is 1.93. The van der Waals surface area contributed by atoms with Gasteiger partial charge in [0.2, 0.25) is 34.8 Å². The summed E-state index contributed by atoms with van der Waals surface area (Å²) in [6, 6.07) is 0. The van der Waals surface area contributed by atoms with Crippen LogP contribution in [0.25, 0.3) is 0 Å². The van der Waals surface area contributed by atoms with Crippen LogP contribution in [0.5, 0.6) is 5.75 Å². The zero-order valence-corrected chi connectivity index (χ0v) is 14.9. The van der Waals surface area contributed by atoms with Gasteiger partial charge < -0.3 is 19.3 Å². The molecule has 0 spiro atoms. The van der Waals surface area contributed by atoms with Gasteiger partial charge in [0, 0.05) is 12.8 Å². The maximum absolute atomic E-state index is 13.4. The van der Waals surface area contributed by atoms with Gasteiger partial charge in [-0.25, -0.2) is 13.2 Å². The Hall–Kier alpha value is -2.76. The molecule has 1 aromatic rings. The van der Waals surface area contributed by atoms with Crippen LogP contribution >= 0.6 is 0 Å². The number of aliphatic carboxylic acids is 1. The third-order valence-corrected chi connectivity index (χ3v) is 3.35. The Balaban J connectivity index is 2.26. The highest BCUT2D eigenvalue weighted by molar-refractivity contribution is 5.72. The number of carbonyl (C=O) groups excluding carboxylic acids is 2. The maximum atomic E-state index is 13.4. The molecule has 7 nitrogen and oxygen atoms in total. The molecule has 0 atom stereocenters. The third kappa shape index (κ3) is 8.02. The molecule has 0 aliphatic carbocycles. The van der Waals surface area contributed by atoms with E-state index < -0.39 is 59.2 Å². The topological polar surface area (TPSA) is 99.1 Å². The number of benzene rings is 1. The van der Waals surface area contributed by atoms with E-state index in [1.807, 2.05) is 0 Å². The minimum atomic E-state index is -2.38. The fourth-order valence-corrected chi connectivity index (χ4v) is 1.93. The Morgan fingerprint density at radius 3 is 1.83 bits per heavy atom. The highest BCUT2D eigenvalue weighted by Gasteiger charge is 2.28. The Kier molecular flexibility index (Phi) is 10.00. The van der Waals surface area contributed by atoms with Crippen molar-refractivity contribution in [2.75, 3.05) is 19.8 Å². The van der Waals surface area contributed by atoms with Gasteiger partial charge in [0.1, 0.15) is 6.61 Å². The molecule has 0 saturated carbocycles. The van der Waals surface area contributed by atoms with E-state index in [0.29, 0.717) is 12.8 Å². The number of hydrogen-bond donors (Lipinski definition) is 1. The van der Waals surface area contributed by atoms with Crippen LogP contribution in [0.4, 0.5) is 22.0 Å². The number of carbonyl (C=O) groups is 3. The predicted octanol–water partition coefficient (Wildman–Crippen LogP) is 2.88. The third-order valence-electron chi connectivity index (χ3n) is 3.35. The fraction of sp³-hybridized carbons (Fsp3) is 0.471. The van der Waals surface area contributed by atoms with E-state index in [1.54, 1.807) is 0 Å². The molecule has 0 aromatic heterocycles. The van der Waals surface area contributed by atoms with Crippen LogP contribution in [0.1, 0.15) is 32.1 Å². The van der Waals surface area contributed by atoms with Crippen LogP contribution in [0.3, 0.4) is 0 Å². The second-order valence-corrected chi connectivity index (χ2v) is 5.56. The average molecular weight is 428 g/mol. The van der Waals surface area contributed by atoms with E-state index in [4.69, 9.17) is 14.6 Å². The van der Waals surface area contributed by atoms with E-state index in [9.17, 15) is 36.3 Å². The number of esters is 2. The molecule has 1 aromatic carbocycles. The molecule has 0 bridgehead atoms. The van der Waals surface area contributed by atoms with E-state index in [2.05, 4.69) is 4.74 Å². The first-order valence-corrected chi connectivity index (χ1v) is 8.32. The number of carboxylic acids is 1. The summed E-state index contributed by atoms with van der Waals surface area (Å²) < 4.78 is 79.5. The predicted molar refractivity (Wildman–Crippen MR) is 84.4 cm³/mol. The van der Waals surface area contributed by atoms with Crippen molar-refractivity contribution in [2.45, 2.75) is 32.1 Å². The van der Waals surface area contributed by atoms with Crippen molar-refractivity contribution in [2.24, 2.45) is 0 Å². The zero-order valence-electron chi connectivity index (χ0n) is 14.9. The maximum Gasteiger partial charge on any atom is 0.313 e. The number of hydrogen-bond acceptors (Lipinski definition) is 6. The highest BCUT2D eigenvalue weighted by atomic mass is 19.2. The van der Waals surface area contributed by atoms with Crippen molar-refractivity contribution in [3.8, 4) is 5.75 Å². The van der Waals surface area contributed by atoms with Gasteiger partial charge in [-0.1, -0.05) is 0 Å². The largest absolute Gasteiger partial charge is 0.481 e. The van der Waals surface area contributed by atoms with E-state index in [-0.39, 0.29) is 32.7 Å². The molecule has 0 saturated heterocycles. The van der Waals surface area contributed by atoms with Crippen LogP contribution in [0, 0.1) is 29.1 Å². The van der Waals surface area contributed by atoms with Crippen molar-refractivity contribution in [3.63, 3.8) is 0 Å². The van der Waals surface area contributed by atoms with Gasteiger partial charge in [0.05, 0.1) is 19.6 Å². The zero-order chi connectivity index (χ0) is 22.0. The lowest BCUT2D eigenvalue weighted by atomic mass is 10.2. The summed E-state index contributed by atoms with van der Waals surface area (Å²) in [4.78, 5) is 33.1. The summed E-state index contributed by atoms with van der Waals surface area (Å²) in [5, 5.41) is 8.44. The lowest BCUT2D eigenvalue weighted by Crippen LogP contribution is -2.16. The van der Waals surface area contributed by atoms with Crippen LogP contribution < -0.4 is 4.74 Å². The number of unbranched alkanes of at least 4 members (excludes halogenated alkanes) is 1. The number of rotatable bonds is 12. The van der Waals surface area contributed by atoms with Crippen molar-refractivity contribution >= 4 is 17.9 Å². The average Bonchev–Trinajstić information content (AvgIpc) is 2.68. The van der Waals surface area contributed by atoms with Crippen molar-refractivity contribution in [3.05, 3.63) is 29.1 Å². The number of carboxylic acid groups (broad SMARTS) is 1. The molecular weight excluding hydrogens is 411 g/mol. The lowest BCUT2D eigenvalue weighted by Gasteiger charge is -2.09. The second kappa shape index (κ2) is 11.9. The first-order chi connectivity index (χ1) is 13.6. The summed E-state index contributed by atoms with van der Waals surface area (Å²) in [5.41, 5.74) is 0. The molecule has 0 unspecified atom stereocenters. The molecule has 0 amide bonds. The van der Waals surface area contributed by atoms with E-state index in [0.717, 1.165) is 0 Å². The highest BCUT2D eigenvalue weighted by Crippen LogP contribution is 2.29. The molecule has 0 heterocycles. The minimum Gasteiger partial charge on any atom is -0.481 e. The van der Waals surface area contributed by atoms with Gasteiger partial charge in [0.25, 0.3) is 0 Å². The van der Waals surface area contributed by atoms with Crippen LogP contribution in [-0.4, -0.2) is 42.8 Å². The van der Waals surface area contributed by atoms with Gasteiger partial charge in [-0.15, -0.1) is 0 Å². The van der Waals surface area contributed by atoms with E-state index in [1.165, 1.54) is 0 Å². The Labute approximate surface area is 161 Å². The van der Waals surface area contributed by atoms with Gasteiger partial charge in [-0.05, 0) is 12.8 Å². The van der Waals surface area contributed by atoms with Crippen molar-refractivity contribution in [1.82, 2.24) is 0 Å². The van der Waals surface area contributed by atoms with Gasteiger partial charge in [-0.2, -0.15) is 8.78 Å². The smallest absolute Gasteiger partial charge is 0.313 e. The molecule has 12 heteroatoms. The van der Waals surface area contributed by atoms with Gasteiger partial charge in [-0.3, -0.25) is 14.4 Å². The molecule has 0 aliphatic rings. The summed E-state index contributed by atoms with van der Waals surface area (Å²) in [6.07, 6.45) is 0.0727. The molecule has 0 aliphatic heterocycles. The molecule has 1 N–H and O–H groups in total. The number of halogens is 5. The molecular formula is C17H17F5O7. The summed E-state index contributed by atoms with van der Waals surface area (Å²) in [6.45, 7) is -0.620. The monoisotopic (exact) mass is 428 g/mol. The second-order valence-electron chi connectivity index (χ2n) is 5.56. The Morgan fingerprint density at radius 1 is 0.690 bits per heavy atom. The molecule has 162 valence electrons. The van der Waals surface area contributed by atoms with Crippen molar-refractivity contribution < 1.29 is 55.7 Å². The Bertz CT molecular complexity index is 725. The minimum absolute atomic E-state index is 0.0293. The number of ether oxygens (including phenoxy) is 3. The van der Waals surface area contributed by atoms with Crippen LogP contribution in [0.2, 0.25) is 0 Å². The lowest BCUT2D eigenvalue weighted by molar-refractivity contribution is -0.146. The van der Waals surface area contributed by atoms with Crippen LogP contribution in [0.15, 0.2) is 0 Å². The summed E-state index contributed by atoms with van der Waals surface area (Å²) in [5.74, 6) is -15.9. The van der Waals surface area contributed by atoms with E-state index >= 15 is 0 Å². The molecule has 1 rings (SSSR count). The van der Waals surface area contributed by atoms with Gasteiger partial charge in [0.15, 0.2) is 0 Å². The normalized spacial score (nSPS) is 10.7. The first-order valence-electron chi connectivity index (χ1n) is 8.32.